The quantitative estimate of drug-likeness (QED) is 0.679. The van der Waals surface area contributed by atoms with Crippen LogP contribution in [0.1, 0.15) is 31.4 Å². The Morgan fingerprint density at radius 2 is 2.20 bits per heavy atom. The Kier molecular flexibility index (Phi) is 3.48. The predicted octanol–water partition coefficient (Wildman–Crippen LogP) is 2.34. The van der Waals surface area contributed by atoms with Gasteiger partial charge in [-0.3, -0.25) is 15.0 Å². The van der Waals surface area contributed by atoms with E-state index in [2.05, 4.69) is 17.1 Å². The minimum atomic E-state index is -0.269. The molecule has 2 atom stereocenters. The minimum absolute atomic E-state index is 0.108. The lowest BCUT2D eigenvalue weighted by atomic mass is 9.86. The molecule has 0 bridgehead atoms. The average Bonchev–Trinajstić information content (AvgIpc) is 3.09. The Hall–Kier alpha value is -1.46. The lowest BCUT2D eigenvalue weighted by Crippen LogP contribution is -2.31. The number of hydrogen-bond donors (Lipinski definition) is 1. The van der Waals surface area contributed by atoms with Crippen LogP contribution in [-0.2, 0) is 0 Å². The van der Waals surface area contributed by atoms with Gasteiger partial charge in [-0.2, -0.15) is 0 Å². The summed E-state index contributed by atoms with van der Waals surface area (Å²) in [5.74, 6) is 0. The molecule has 108 valence electrons. The van der Waals surface area contributed by atoms with Gasteiger partial charge in [0, 0.05) is 30.8 Å². The molecule has 0 saturated carbocycles. The summed E-state index contributed by atoms with van der Waals surface area (Å²) in [5, 5.41) is 14.6. The lowest BCUT2D eigenvalue weighted by Gasteiger charge is -2.27. The number of rotatable bonds is 3. The summed E-state index contributed by atoms with van der Waals surface area (Å²) < 4.78 is 0. The molecule has 2 saturated heterocycles. The van der Waals surface area contributed by atoms with E-state index in [-0.39, 0.29) is 16.7 Å². The van der Waals surface area contributed by atoms with Crippen LogP contribution >= 0.6 is 0 Å². The smallest absolute Gasteiger partial charge is 0.274 e. The van der Waals surface area contributed by atoms with E-state index in [1.807, 2.05) is 12.1 Å². The maximum absolute atomic E-state index is 11.2. The number of likely N-dealkylation sites (tertiary alicyclic amines) is 1. The summed E-state index contributed by atoms with van der Waals surface area (Å²) in [7, 11) is 0. The largest absolute Gasteiger partial charge is 0.316 e. The van der Waals surface area contributed by atoms with Gasteiger partial charge in [0.25, 0.3) is 5.69 Å². The van der Waals surface area contributed by atoms with Crippen LogP contribution in [0.15, 0.2) is 24.3 Å². The van der Waals surface area contributed by atoms with Crippen molar-refractivity contribution in [2.45, 2.75) is 25.8 Å². The third kappa shape index (κ3) is 2.31. The van der Waals surface area contributed by atoms with Gasteiger partial charge in [-0.15, -0.1) is 0 Å². The molecule has 1 N–H and O–H groups in total. The highest BCUT2D eigenvalue weighted by molar-refractivity contribution is 5.41. The summed E-state index contributed by atoms with van der Waals surface area (Å²) in [6.45, 7) is 6.37. The summed E-state index contributed by atoms with van der Waals surface area (Å²) in [6, 6.07) is 7.23. The van der Waals surface area contributed by atoms with Gasteiger partial charge in [-0.05, 0) is 38.3 Å². The van der Waals surface area contributed by atoms with E-state index in [9.17, 15) is 10.1 Å². The Morgan fingerprint density at radius 1 is 1.40 bits per heavy atom. The van der Waals surface area contributed by atoms with Crippen LogP contribution in [0.25, 0.3) is 0 Å². The second-order valence-corrected chi connectivity index (χ2v) is 6.14. The number of benzene rings is 1. The van der Waals surface area contributed by atoms with Crippen molar-refractivity contribution in [1.82, 2.24) is 10.2 Å². The fourth-order valence-corrected chi connectivity index (χ4v) is 3.65. The molecular weight excluding hydrogens is 254 g/mol. The zero-order valence-electron chi connectivity index (χ0n) is 11.8. The van der Waals surface area contributed by atoms with Crippen LogP contribution in [-0.4, -0.2) is 36.0 Å². The molecule has 5 heteroatoms. The van der Waals surface area contributed by atoms with Gasteiger partial charge < -0.3 is 5.32 Å². The molecule has 2 fully saturated rings. The molecule has 0 aliphatic carbocycles. The van der Waals surface area contributed by atoms with E-state index in [1.165, 1.54) is 12.8 Å². The first-order chi connectivity index (χ1) is 9.61. The third-order valence-electron chi connectivity index (χ3n) is 4.93. The summed E-state index contributed by atoms with van der Waals surface area (Å²) in [4.78, 5) is 13.3. The molecule has 3 rings (SSSR count). The van der Waals surface area contributed by atoms with E-state index in [4.69, 9.17) is 0 Å². The van der Waals surface area contributed by atoms with Crippen LogP contribution in [0, 0.1) is 15.5 Å². The third-order valence-corrected chi connectivity index (χ3v) is 4.93. The van der Waals surface area contributed by atoms with Crippen molar-refractivity contribution in [2.24, 2.45) is 5.41 Å². The summed E-state index contributed by atoms with van der Waals surface area (Å²) >= 11 is 0. The highest BCUT2D eigenvalue weighted by Gasteiger charge is 2.42. The molecule has 2 aliphatic rings. The molecule has 5 nitrogen and oxygen atoms in total. The first-order valence-electron chi connectivity index (χ1n) is 7.29. The molecule has 2 heterocycles. The fraction of sp³-hybridized carbons (Fsp3) is 0.600. The maximum atomic E-state index is 11.2. The maximum Gasteiger partial charge on any atom is 0.274 e. The minimum Gasteiger partial charge on any atom is -0.316 e. The molecule has 1 spiro atoms. The number of nitro benzene ring substituents is 1. The zero-order valence-corrected chi connectivity index (χ0v) is 11.8. The SMILES string of the molecule is CC(c1ccccc1[N+](=O)[O-])N1CCC2(CCNC2)C1. The number of nitrogens with one attached hydrogen (secondary N) is 1. The zero-order chi connectivity index (χ0) is 14.2. The molecule has 0 radical (unpaired) electrons. The van der Waals surface area contributed by atoms with Gasteiger partial charge in [0.1, 0.15) is 0 Å². The molecule has 1 aromatic carbocycles. The van der Waals surface area contributed by atoms with E-state index >= 15 is 0 Å². The van der Waals surface area contributed by atoms with E-state index in [1.54, 1.807) is 12.1 Å². The molecule has 20 heavy (non-hydrogen) atoms. The second-order valence-electron chi connectivity index (χ2n) is 6.14. The van der Waals surface area contributed by atoms with Gasteiger partial charge in [0.2, 0.25) is 0 Å². The molecule has 0 aromatic heterocycles. The van der Waals surface area contributed by atoms with Crippen molar-refractivity contribution in [3.8, 4) is 0 Å². The topological polar surface area (TPSA) is 58.4 Å². The van der Waals surface area contributed by atoms with Crippen molar-refractivity contribution in [3.05, 3.63) is 39.9 Å². The van der Waals surface area contributed by atoms with E-state index in [0.29, 0.717) is 5.41 Å². The van der Waals surface area contributed by atoms with Crippen LogP contribution in [0.3, 0.4) is 0 Å². The number of nitro groups is 1. The van der Waals surface area contributed by atoms with E-state index in [0.717, 1.165) is 31.7 Å². The summed E-state index contributed by atoms with van der Waals surface area (Å²) in [6.07, 6.45) is 2.43. The second kappa shape index (κ2) is 5.14. The van der Waals surface area contributed by atoms with Gasteiger partial charge >= 0.3 is 0 Å². The Bertz CT molecular complexity index is 512. The number of hydrogen-bond acceptors (Lipinski definition) is 4. The van der Waals surface area contributed by atoms with Gasteiger partial charge in [-0.1, -0.05) is 18.2 Å². The molecule has 0 amide bonds. The van der Waals surface area contributed by atoms with Crippen molar-refractivity contribution in [2.75, 3.05) is 26.2 Å². The normalized spacial score (nSPS) is 28.1. The van der Waals surface area contributed by atoms with Gasteiger partial charge in [0.15, 0.2) is 0 Å². The Morgan fingerprint density at radius 3 is 2.90 bits per heavy atom. The van der Waals surface area contributed by atoms with Gasteiger partial charge in [0.05, 0.1) is 4.92 Å². The molecule has 2 aliphatic heterocycles. The Labute approximate surface area is 119 Å². The van der Waals surface area contributed by atoms with Crippen molar-refractivity contribution in [3.63, 3.8) is 0 Å². The van der Waals surface area contributed by atoms with Crippen molar-refractivity contribution in [1.29, 1.82) is 0 Å². The molecule has 1 aromatic rings. The van der Waals surface area contributed by atoms with Crippen LogP contribution in [0.2, 0.25) is 0 Å². The van der Waals surface area contributed by atoms with Crippen LogP contribution in [0.4, 0.5) is 5.69 Å². The standard InChI is InChI=1S/C15H21N3O2/c1-12(13-4-2-3-5-14(13)18(19)20)17-9-7-15(11-17)6-8-16-10-15/h2-5,12,16H,6-11H2,1H3. The van der Waals surface area contributed by atoms with Crippen molar-refractivity contribution < 1.29 is 4.92 Å². The highest BCUT2D eigenvalue weighted by Crippen LogP contribution is 2.40. The molecular formula is C15H21N3O2. The van der Waals surface area contributed by atoms with Crippen LogP contribution < -0.4 is 5.32 Å². The predicted molar refractivity (Wildman–Crippen MR) is 77.6 cm³/mol. The molecule has 2 unspecified atom stereocenters. The number of nitrogens with zero attached hydrogens (tertiary/aromatic N) is 2. The lowest BCUT2D eigenvalue weighted by molar-refractivity contribution is -0.386. The van der Waals surface area contributed by atoms with E-state index < -0.39 is 0 Å². The average molecular weight is 275 g/mol. The monoisotopic (exact) mass is 275 g/mol. The van der Waals surface area contributed by atoms with Crippen molar-refractivity contribution >= 4 is 5.69 Å². The van der Waals surface area contributed by atoms with Crippen LogP contribution in [0.5, 0.6) is 0 Å². The Balaban J connectivity index is 1.80. The number of para-hydroxylation sites is 1. The first kappa shape index (κ1) is 13.5. The fourth-order valence-electron chi connectivity index (χ4n) is 3.65. The summed E-state index contributed by atoms with van der Waals surface area (Å²) in [5.41, 5.74) is 1.48. The highest BCUT2D eigenvalue weighted by atomic mass is 16.6. The first-order valence-corrected chi connectivity index (χ1v) is 7.29. The van der Waals surface area contributed by atoms with Gasteiger partial charge in [-0.25, -0.2) is 0 Å².